The minimum Gasteiger partial charge on any atom is -0.361 e. The zero-order valence-electron chi connectivity index (χ0n) is 9.93. The summed E-state index contributed by atoms with van der Waals surface area (Å²) in [4.78, 5) is 0. The Morgan fingerprint density at radius 2 is 2.12 bits per heavy atom. The second kappa shape index (κ2) is 3.70. The van der Waals surface area contributed by atoms with Gasteiger partial charge in [0.2, 0.25) is 0 Å². The molecule has 2 heterocycles. The molecule has 2 rings (SSSR count). The van der Waals surface area contributed by atoms with Gasteiger partial charge in [0.15, 0.2) is 0 Å². The van der Waals surface area contributed by atoms with Crippen LogP contribution in [0.2, 0.25) is 0 Å². The first-order valence-electron chi connectivity index (χ1n) is 5.15. The molecule has 0 unspecified atom stereocenters. The van der Waals surface area contributed by atoms with Crippen molar-refractivity contribution in [3.8, 4) is 0 Å². The van der Waals surface area contributed by atoms with Crippen LogP contribution in [0.1, 0.15) is 38.0 Å². The average molecular weight is 221 g/mol. The molecule has 0 saturated carbocycles. The van der Waals surface area contributed by atoms with Crippen LogP contribution in [-0.4, -0.2) is 25.4 Å². The van der Waals surface area contributed by atoms with Crippen LogP contribution in [0.15, 0.2) is 10.6 Å². The van der Waals surface area contributed by atoms with E-state index >= 15 is 0 Å². The Labute approximate surface area is 93.6 Å². The predicted octanol–water partition coefficient (Wildman–Crippen LogP) is 1.32. The number of hydrogen-bond acceptors (Lipinski definition) is 5. The van der Waals surface area contributed by atoms with E-state index in [2.05, 4.69) is 41.5 Å². The molecule has 0 aliphatic rings. The van der Waals surface area contributed by atoms with E-state index in [-0.39, 0.29) is 5.41 Å². The van der Waals surface area contributed by atoms with Crippen LogP contribution < -0.4 is 0 Å². The van der Waals surface area contributed by atoms with Crippen LogP contribution in [0.4, 0.5) is 0 Å². The topological polar surface area (TPSA) is 69.6 Å². The summed E-state index contributed by atoms with van der Waals surface area (Å²) < 4.78 is 6.97. The Bertz CT molecular complexity index is 479. The van der Waals surface area contributed by atoms with Crippen LogP contribution in [0.5, 0.6) is 0 Å². The number of aromatic nitrogens is 5. The second-order valence-corrected chi connectivity index (χ2v) is 4.82. The van der Waals surface area contributed by atoms with Crippen molar-refractivity contribution in [1.82, 2.24) is 25.4 Å². The first-order valence-corrected chi connectivity index (χ1v) is 5.15. The van der Waals surface area contributed by atoms with Crippen molar-refractivity contribution >= 4 is 0 Å². The minimum absolute atomic E-state index is 0.0269. The highest BCUT2D eigenvalue weighted by atomic mass is 16.5. The molecule has 0 fully saturated rings. The van der Waals surface area contributed by atoms with Gasteiger partial charge in [-0.3, -0.25) is 0 Å². The number of hydrogen-bond donors (Lipinski definition) is 0. The molecule has 0 atom stereocenters. The summed E-state index contributed by atoms with van der Waals surface area (Å²) >= 11 is 0. The monoisotopic (exact) mass is 221 g/mol. The largest absolute Gasteiger partial charge is 0.361 e. The Hall–Kier alpha value is -1.72. The molecule has 0 spiro atoms. The molecule has 0 aliphatic carbocycles. The SMILES string of the molecule is Cc1nnnn1Cc1cc(C(C)(C)C)on1. The number of tetrazole rings is 1. The maximum atomic E-state index is 5.29. The number of rotatable bonds is 2. The maximum absolute atomic E-state index is 5.29. The summed E-state index contributed by atoms with van der Waals surface area (Å²) in [5.41, 5.74) is 0.807. The van der Waals surface area contributed by atoms with Crippen LogP contribution in [-0.2, 0) is 12.0 Å². The molecule has 6 nitrogen and oxygen atoms in total. The maximum Gasteiger partial charge on any atom is 0.148 e. The van der Waals surface area contributed by atoms with Gasteiger partial charge >= 0.3 is 0 Å². The van der Waals surface area contributed by atoms with Gasteiger partial charge < -0.3 is 4.52 Å². The number of aryl methyl sites for hydroxylation is 1. The van der Waals surface area contributed by atoms with Crippen molar-refractivity contribution in [1.29, 1.82) is 0 Å². The summed E-state index contributed by atoms with van der Waals surface area (Å²) in [6.07, 6.45) is 0. The highest BCUT2D eigenvalue weighted by molar-refractivity contribution is 5.13. The molecule has 0 radical (unpaired) electrons. The zero-order chi connectivity index (χ0) is 11.8. The first kappa shape index (κ1) is 10.8. The molecule has 0 amide bonds. The fourth-order valence-corrected chi connectivity index (χ4v) is 1.29. The van der Waals surface area contributed by atoms with Gasteiger partial charge in [-0.1, -0.05) is 25.9 Å². The normalized spacial score (nSPS) is 12.0. The lowest BCUT2D eigenvalue weighted by atomic mass is 9.93. The molecule has 86 valence electrons. The first-order chi connectivity index (χ1) is 7.47. The second-order valence-electron chi connectivity index (χ2n) is 4.82. The van der Waals surface area contributed by atoms with Gasteiger partial charge in [0, 0.05) is 11.5 Å². The van der Waals surface area contributed by atoms with Crippen molar-refractivity contribution in [2.75, 3.05) is 0 Å². The molecule has 0 bridgehead atoms. The van der Waals surface area contributed by atoms with Gasteiger partial charge in [-0.2, -0.15) is 0 Å². The molecule has 6 heteroatoms. The third-order valence-electron chi connectivity index (χ3n) is 2.32. The fraction of sp³-hybridized carbons (Fsp3) is 0.600. The molecule has 0 N–H and O–H groups in total. The highest BCUT2D eigenvalue weighted by Crippen LogP contribution is 2.22. The molecule has 2 aromatic rings. The quantitative estimate of drug-likeness (QED) is 0.764. The summed E-state index contributed by atoms with van der Waals surface area (Å²) in [5, 5.41) is 15.3. The standard InChI is InChI=1S/C10H15N5O/c1-7-11-13-14-15(7)6-8-5-9(16-12-8)10(2,3)4/h5H,6H2,1-4H3. The molecule has 0 saturated heterocycles. The van der Waals surface area contributed by atoms with Crippen LogP contribution in [0, 0.1) is 6.92 Å². The molecular formula is C10H15N5O. The molecule has 16 heavy (non-hydrogen) atoms. The highest BCUT2D eigenvalue weighted by Gasteiger charge is 2.19. The lowest BCUT2D eigenvalue weighted by Crippen LogP contribution is -2.09. The van der Waals surface area contributed by atoms with Gasteiger partial charge in [0.25, 0.3) is 0 Å². The van der Waals surface area contributed by atoms with Gasteiger partial charge in [0.05, 0.1) is 6.54 Å². The summed E-state index contributed by atoms with van der Waals surface area (Å²) in [5.74, 6) is 1.63. The van der Waals surface area contributed by atoms with E-state index < -0.39 is 0 Å². The van der Waals surface area contributed by atoms with Gasteiger partial charge in [0.1, 0.15) is 17.3 Å². The van der Waals surface area contributed by atoms with Crippen LogP contribution in [0.3, 0.4) is 0 Å². The van der Waals surface area contributed by atoms with E-state index in [1.165, 1.54) is 0 Å². The van der Waals surface area contributed by atoms with Gasteiger partial charge in [-0.25, -0.2) is 4.68 Å². The molecule has 0 aliphatic heterocycles. The lowest BCUT2D eigenvalue weighted by Gasteiger charge is -2.12. The fourth-order valence-electron chi connectivity index (χ4n) is 1.29. The Kier molecular flexibility index (Phi) is 2.49. The zero-order valence-corrected chi connectivity index (χ0v) is 9.93. The third-order valence-corrected chi connectivity index (χ3v) is 2.32. The van der Waals surface area contributed by atoms with E-state index in [4.69, 9.17) is 4.52 Å². The van der Waals surface area contributed by atoms with Crippen LogP contribution in [0.25, 0.3) is 0 Å². The van der Waals surface area contributed by atoms with Crippen molar-refractivity contribution in [3.05, 3.63) is 23.3 Å². The van der Waals surface area contributed by atoms with E-state index in [9.17, 15) is 0 Å². The van der Waals surface area contributed by atoms with Gasteiger partial charge in [-0.05, 0) is 17.4 Å². The average Bonchev–Trinajstić information content (AvgIpc) is 2.76. The smallest absolute Gasteiger partial charge is 0.148 e. The summed E-state index contributed by atoms with van der Waals surface area (Å²) in [7, 11) is 0. The molecular weight excluding hydrogens is 206 g/mol. The Morgan fingerprint density at radius 1 is 1.38 bits per heavy atom. The van der Waals surface area contributed by atoms with E-state index in [1.807, 2.05) is 13.0 Å². The van der Waals surface area contributed by atoms with E-state index in [1.54, 1.807) is 4.68 Å². The Morgan fingerprint density at radius 3 is 2.62 bits per heavy atom. The lowest BCUT2D eigenvalue weighted by molar-refractivity contribution is 0.324. The third kappa shape index (κ3) is 2.10. The van der Waals surface area contributed by atoms with Gasteiger partial charge in [-0.15, -0.1) is 5.10 Å². The van der Waals surface area contributed by atoms with E-state index in [0.717, 1.165) is 17.3 Å². The minimum atomic E-state index is -0.0269. The predicted molar refractivity (Wildman–Crippen MR) is 56.9 cm³/mol. The molecule has 0 aromatic carbocycles. The Balaban J connectivity index is 2.18. The van der Waals surface area contributed by atoms with Crippen molar-refractivity contribution < 1.29 is 4.52 Å². The summed E-state index contributed by atoms with van der Waals surface area (Å²) in [6.45, 7) is 8.64. The van der Waals surface area contributed by atoms with Crippen molar-refractivity contribution in [2.45, 2.75) is 39.7 Å². The van der Waals surface area contributed by atoms with Crippen molar-refractivity contribution in [3.63, 3.8) is 0 Å². The molecule has 2 aromatic heterocycles. The van der Waals surface area contributed by atoms with Crippen molar-refractivity contribution in [2.24, 2.45) is 0 Å². The number of nitrogens with zero attached hydrogens (tertiary/aromatic N) is 5. The summed E-state index contributed by atoms with van der Waals surface area (Å²) in [6, 6.07) is 1.95. The van der Waals surface area contributed by atoms with E-state index in [0.29, 0.717) is 6.54 Å². The van der Waals surface area contributed by atoms with Crippen LogP contribution >= 0.6 is 0 Å².